The van der Waals surface area contributed by atoms with Gasteiger partial charge in [-0.1, -0.05) is 30.3 Å². The van der Waals surface area contributed by atoms with Gasteiger partial charge in [-0.3, -0.25) is 19.7 Å². The number of ketones is 2. The van der Waals surface area contributed by atoms with Crippen molar-refractivity contribution in [2.45, 2.75) is 32.2 Å². The molecule has 1 aromatic rings. The molecule has 0 fully saturated rings. The third-order valence-corrected chi connectivity index (χ3v) is 2.94. The standard InChI is InChI=1S/C13H15NO4/c1-9(14(17)18)12(8-13(16)10(2)15)11-6-4-3-5-7-11/h3-7,9,12H,8H2,1-2H3/t9-,12+/m1/s1. The number of Topliss-reactive ketones (excluding diaryl/α,β-unsaturated/α-hetero) is 2. The first-order valence-corrected chi connectivity index (χ1v) is 5.65. The number of nitrogens with zero attached hydrogens (tertiary/aromatic N) is 1. The van der Waals surface area contributed by atoms with E-state index in [1.807, 2.05) is 0 Å². The van der Waals surface area contributed by atoms with Gasteiger partial charge in [-0.05, 0) is 5.56 Å². The van der Waals surface area contributed by atoms with Gasteiger partial charge in [-0.2, -0.15) is 0 Å². The molecule has 0 spiro atoms. The highest BCUT2D eigenvalue weighted by Crippen LogP contribution is 2.25. The zero-order valence-corrected chi connectivity index (χ0v) is 10.3. The Bertz CT molecular complexity index is 455. The minimum Gasteiger partial charge on any atom is -0.291 e. The molecule has 96 valence electrons. The minimum absolute atomic E-state index is 0.124. The van der Waals surface area contributed by atoms with Crippen LogP contribution in [0.2, 0.25) is 0 Å². The van der Waals surface area contributed by atoms with Crippen LogP contribution < -0.4 is 0 Å². The third kappa shape index (κ3) is 3.48. The van der Waals surface area contributed by atoms with Gasteiger partial charge in [-0.25, -0.2) is 0 Å². The average Bonchev–Trinajstić information content (AvgIpc) is 2.35. The second-order valence-corrected chi connectivity index (χ2v) is 4.23. The largest absolute Gasteiger partial charge is 0.291 e. The molecule has 0 aliphatic rings. The van der Waals surface area contributed by atoms with E-state index in [0.29, 0.717) is 5.56 Å². The molecule has 1 rings (SSSR count). The Morgan fingerprint density at radius 1 is 1.28 bits per heavy atom. The molecule has 1 aromatic carbocycles. The van der Waals surface area contributed by atoms with Crippen molar-refractivity contribution in [3.8, 4) is 0 Å². The van der Waals surface area contributed by atoms with Crippen molar-refractivity contribution >= 4 is 11.6 Å². The smallest absolute Gasteiger partial charge is 0.217 e. The maximum absolute atomic E-state index is 11.5. The van der Waals surface area contributed by atoms with Gasteiger partial charge in [0.2, 0.25) is 6.04 Å². The first-order valence-electron chi connectivity index (χ1n) is 5.65. The fourth-order valence-corrected chi connectivity index (χ4v) is 1.76. The van der Waals surface area contributed by atoms with Gasteiger partial charge >= 0.3 is 0 Å². The van der Waals surface area contributed by atoms with Gasteiger partial charge in [0.1, 0.15) is 0 Å². The summed E-state index contributed by atoms with van der Waals surface area (Å²) in [6.45, 7) is 2.63. The second-order valence-electron chi connectivity index (χ2n) is 4.23. The molecule has 18 heavy (non-hydrogen) atoms. The van der Waals surface area contributed by atoms with Gasteiger partial charge in [0.25, 0.3) is 0 Å². The first-order chi connectivity index (χ1) is 8.43. The van der Waals surface area contributed by atoms with E-state index in [0.717, 1.165) is 0 Å². The summed E-state index contributed by atoms with van der Waals surface area (Å²) in [5, 5.41) is 10.9. The molecule has 0 radical (unpaired) electrons. The number of benzene rings is 1. The molecule has 0 saturated heterocycles. The maximum Gasteiger partial charge on any atom is 0.217 e. The highest BCUT2D eigenvalue weighted by molar-refractivity contribution is 6.36. The molecule has 5 nitrogen and oxygen atoms in total. The van der Waals surface area contributed by atoms with Crippen LogP contribution in [-0.2, 0) is 9.59 Å². The van der Waals surface area contributed by atoms with Crippen molar-refractivity contribution in [1.82, 2.24) is 0 Å². The van der Waals surface area contributed by atoms with Crippen molar-refractivity contribution in [3.05, 3.63) is 46.0 Å². The summed E-state index contributed by atoms with van der Waals surface area (Å²) in [5.41, 5.74) is 0.705. The van der Waals surface area contributed by atoms with Crippen LogP contribution in [0, 0.1) is 10.1 Å². The van der Waals surface area contributed by atoms with Crippen LogP contribution in [0.3, 0.4) is 0 Å². The Morgan fingerprint density at radius 3 is 2.28 bits per heavy atom. The number of carbonyl (C=O) groups excluding carboxylic acids is 2. The lowest BCUT2D eigenvalue weighted by molar-refractivity contribution is -0.522. The first kappa shape index (κ1) is 14.0. The molecule has 0 saturated carbocycles. The van der Waals surface area contributed by atoms with Crippen molar-refractivity contribution in [3.63, 3.8) is 0 Å². The Hall–Kier alpha value is -2.04. The van der Waals surface area contributed by atoms with E-state index in [9.17, 15) is 19.7 Å². The van der Waals surface area contributed by atoms with E-state index in [4.69, 9.17) is 0 Å². The fourth-order valence-electron chi connectivity index (χ4n) is 1.76. The van der Waals surface area contributed by atoms with E-state index in [1.165, 1.54) is 13.8 Å². The van der Waals surface area contributed by atoms with Crippen LogP contribution in [0.5, 0.6) is 0 Å². The number of hydrogen-bond donors (Lipinski definition) is 0. The SMILES string of the molecule is CC(=O)C(=O)C[C@H](c1ccccc1)[C@@H](C)[N+](=O)[O-]. The molecule has 0 aromatic heterocycles. The molecule has 0 heterocycles. The Labute approximate surface area is 105 Å². The van der Waals surface area contributed by atoms with Crippen LogP contribution >= 0.6 is 0 Å². The summed E-state index contributed by atoms with van der Waals surface area (Å²) in [5.74, 6) is -1.71. The third-order valence-electron chi connectivity index (χ3n) is 2.94. The quantitative estimate of drug-likeness (QED) is 0.439. The summed E-state index contributed by atoms with van der Waals surface area (Å²) in [4.78, 5) is 32.9. The Kier molecular flexibility index (Phi) is 4.71. The Balaban J connectivity index is 3.00. The van der Waals surface area contributed by atoms with Crippen molar-refractivity contribution in [1.29, 1.82) is 0 Å². The summed E-state index contributed by atoms with van der Waals surface area (Å²) in [6, 6.07) is 7.87. The van der Waals surface area contributed by atoms with Gasteiger partial charge in [-0.15, -0.1) is 0 Å². The molecule has 2 atom stereocenters. The molecule has 0 bridgehead atoms. The highest BCUT2D eigenvalue weighted by Gasteiger charge is 2.31. The monoisotopic (exact) mass is 249 g/mol. The number of hydrogen-bond acceptors (Lipinski definition) is 4. The lowest BCUT2D eigenvalue weighted by Crippen LogP contribution is -2.27. The van der Waals surface area contributed by atoms with E-state index < -0.39 is 28.4 Å². The summed E-state index contributed by atoms with van der Waals surface area (Å²) < 4.78 is 0. The topological polar surface area (TPSA) is 77.3 Å². The van der Waals surface area contributed by atoms with Crippen LogP contribution in [-0.4, -0.2) is 22.5 Å². The number of carbonyl (C=O) groups is 2. The maximum atomic E-state index is 11.5. The molecule has 5 heteroatoms. The number of rotatable bonds is 6. The molecule has 0 unspecified atom stereocenters. The van der Waals surface area contributed by atoms with Gasteiger partial charge < -0.3 is 0 Å². The van der Waals surface area contributed by atoms with Crippen molar-refractivity contribution in [2.75, 3.05) is 0 Å². The van der Waals surface area contributed by atoms with E-state index in [2.05, 4.69) is 0 Å². The predicted octanol–water partition coefficient (Wildman–Crippen LogP) is 1.98. The molecule has 0 aliphatic carbocycles. The van der Waals surface area contributed by atoms with Gasteiger partial charge in [0.05, 0.1) is 5.92 Å². The van der Waals surface area contributed by atoms with E-state index in [1.54, 1.807) is 30.3 Å². The van der Waals surface area contributed by atoms with E-state index >= 15 is 0 Å². The number of nitro groups is 1. The van der Waals surface area contributed by atoms with E-state index in [-0.39, 0.29) is 6.42 Å². The average molecular weight is 249 g/mol. The second kappa shape index (κ2) is 6.05. The van der Waals surface area contributed by atoms with Crippen LogP contribution in [0.15, 0.2) is 30.3 Å². The lowest BCUT2D eigenvalue weighted by atomic mass is 9.87. The van der Waals surface area contributed by atoms with Gasteiger partial charge in [0.15, 0.2) is 11.6 Å². The lowest BCUT2D eigenvalue weighted by Gasteiger charge is -2.17. The molecule has 0 N–H and O–H groups in total. The normalized spacial score (nSPS) is 13.7. The Morgan fingerprint density at radius 2 is 1.83 bits per heavy atom. The summed E-state index contributed by atoms with van der Waals surface area (Å²) in [7, 11) is 0. The molecular weight excluding hydrogens is 234 g/mol. The van der Waals surface area contributed by atoms with Gasteiger partial charge in [0, 0.05) is 25.2 Å². The fraction of sp³-hybridized carbons (Fsp3) is 0.385. The summed E-state index contributed by atoms with van der Waals surface area (Å²) in [6.07, 6.45) is -0.124. The molecule has 0 amide bonds. The van der Waals surface area contributed by atoms with Crippen LogP contribution in [0.4, 0.5) is 0 Å². The summed E-state index contributed by atoms with van der Waals surface area (Å²) >= 11 is 0. The van der Waals surface area contributed by atoms with Crippen LogP contribution in [0.25, 0.3) is 0 Å². The zero-order chi connectivity index (χ0) is 13.7. The zero-order valence-electron chi connectivity index (χ0n) is 10.3. The predicted molar refractivity (Wildman–Crippen MR) is 65.9 cm³/mol. The van der Waals surface area contributed by atoms with Crippen molar-refractivity contribution < 1.29 is 14.5 Å². The minimum atomic E-state index is -0.907. The molecular formula is C13H15NO4. The van der Waals surface area contributed by atoms with Crippen LogP contribution in [0.1, 0.15) is 31.7 Å². The molecule has 0 aliphatic heterocycles. The highest BCUT2D eigenvalue weighted by atomic mass is 16.6. The van der Waals surface area contributed by atoms with Crippen molar-refractivity contribution in [2.24, 2.45) is 0 Å².